The first-order valence-electron chi connectivity index (χ1n) is 9.21. The third-order valence-electron chi connectivity index (χ3n) is 5.47. The summed E-state index contributed by atoms with van der Waals surface area (Å²) in [5.41, 5.74) is -5.82. The third-order valence-corrected chi connectivity index (χ3v) is 9.73. The fourth-order valence-corrected chi connectivity index (χ4v) is 8.65. The van der Waals surface area contributed by atoms with Crippen molar-refractivity contribution in [3.05, 3.63) is 96.1 Å². The molecule has 0 bridgehead atoms. The van der Waals surface area contributed by atoms with Gasteiger partial charge in [-0.1, -0.05) is 0 Å². The Morgan fingerprint density at radius 3 is 1.71 bits per heavy atom. The number of halogens is 7. The molecular formula is C22H16F7OP. The quantitative estimate of drug-likeness (QED) is 0.319. The van der Waals surface area contributed by atoms with Gasteiger partial charge in [-0.3, -0.25) is 0 Å². The van der Waals surface area contributed by atoms with Gasteiger partial charge in [0.05, 0.1) is 0 Å². The molecule has 4 rings (SSSR count). The second-order valence-corrected chi connectivity index (χ2v) is 11.1. The van der Waals surface area contributed by atoms with E-state index in [1.807, 2.05) is 0 Å². The summed E-state index contributed by atoms with van der Waals surface area (Å²) in [6.07, 6.45) is -12.7. The molecule has 1 aliphatic heterocycles. The van der Waals surface area contributed by atoms with Crippen LogP contribution >= 0.6 is 7.14 Å². The summed E-state index contributed by atoms with van der Waals surface area (Å²) in [6, 6.07) is 18.0. The minimum absolute atomic E-state index is 0.224. The molecule has 164 valence electrons. The Kier molecular flexibility index (Phi) is 4.76. The standard InChI is InChI=1S/C22H16F7OP/c23-21(24,25)20(22(26,27)28)18-13-7-8-14-19(18)31(29,30-20,17-11-5-2-6-12-17)15-16-9-3-1-4-10-16/h1-14H,15H2. The number of alkyl halides is 6. The van der Waals surface area contributed by atoms with Crippen LogP contribution in [0.1, 0.15) is 11.1 Å². The molecule has 31 heavy (non-hydrogen) atoms. The van der Waals surface area contributed by atoms with E-state index in [2.05, 4.69) is 0 Å². The number of fused-ring (bicyclic) bond motifs is 1. The first-order valence-corrected chi connectivity index (χ1v) is 11.4. The van der Waals surface area contributed by atoms with Gasteiger partial charge in [-0.25, -0.2) is 0 Å². The number of rotatable bonds is 3. The summed E-state index contributed by atoms with van der Waals surface area (Å²) in [5.74, 6) is 0. The van der Waals surface area contributed by atoms with Gasteiger partial charge in [0.15, 0.2) is 0 Å². The first kappa shape index (κ1) is 21.8. The summed E-state index contributed by atoms with van der Waals surface area (Å²) < 4.78 is 108. The Morgan fingerprint density at radius 2 is 1.16 bits per heavy atom. The molecule has 9 heteroatoms. The van der Waals surface area contributed by atoms with Gasteiger partial charge in [0.25, 0.3) is 0 Å². The molecule has 1 nitrogen and oxygen atoms in total. The third kappa shape index (κ3) is 2.99. The van der Waals surface area contributed by atoms with E-state index in [1.165, 1.54) is 60.7 Å². The minimum atomic E-state index is -5.98. The van der Waals surface area contributed by atoms with Crippen LogP contribution in [0, 0.1) is 0 Å². The Hall–Kier alpha value is -2.44. The predicted octanol–water partition coefficient (Wildman–Crippen LogP) is 6.54. The molecule has 0 N–H and O–H groups in total. The average molecular weight is 460 g/mol. The van der Waals surface area contributed by atoms with Crippen LogP contribution in [0.15, 0.2) is 84.9 Å². The van der Waals surface area contributed by atoms with Crippen molar-refractivity contribution in [3.8, 4) is 0 Å². The second-order valence-electron chi connectivity index (χ2n) is 7.36. The summed E-state index contributed by atoms with van der Waals surface area (Å²) in [4.78, 5) is 0. The van der Waals surface area contributed by atoms with Crippen LogP contribution in [0.25, 0.3) is 0 Å². The van der Waals surface area contributed by atoms with Gasteiger partial charge < -0.3 is 0 Å². The summed E-state index contributed by atoms with van der Waals surface area (Å²) in [7, 11) is -5.98. The number of hydrogen-bond donors (Lipinski definition) is 0. The molecule has 0 aliphatic carbocycles. The van der Waals surface area contributed by atoms with Crippen molar-refractivity contribution in [1.29, 1.82) is 0 Å². The molecule has 0 radical (unpaired) electrons. The Morgan fingerprint density at radius 1 is 0.677 bits per heavy atom. The predicted molar refractivity (Wildman–Crippen MR) is 105 cm³/mol. The van der Waals surface area contributed by atoms with Gasteiger partial charge in [0.2, 0.25) is 0 Å². The fraction of sp³-hybridized carbons (Fsp3) is 0.182. The van der Waals surface area contributed by atoms with E-state index >= 15 is 4.20 Å². The van der Waals surface area contributed by atoms with Crippen molar-refractivity contribution in [2.45, 2.75) is 24.1 Å². The van der Waals surface area contributed by atoms with Gasteiger partial charge in [-0.15, -0.1) is 0 Å². The van der Waals surface area contributed by atoms with Crippen LogP contribution < -0.4 is 10.6 Å². The fourth-order valence-electron chi connectivity index (χ4n) is 4.15. The van der Waals surface area contributed by atoms with Gasteiger partial charge in [0.1, 0.15) is 0 Å². The molecule has 0 saturated carbocycles. The Labute approximate surface area is 173 Å². The molecule has 0 aromatic heterocycles. The molecule has 0 saturated heterocycles. The molecule has 0 amide bonds. The van der Waals surface area contributed by atoms with Crippen molar-refractivity contribution >= 4 is 17.8 Å². The van der Waals surface area contributed by atoms with E-state index in [9.17, 15) is 26.3 Å². The van der Waals surface area contributed by atoms with Crippen LogP contribution in [0.4, 0.5) is 30.5 Å². The van der Waals surface area contributed by atoms with E-state index < -0.39 is 42.1 Å². The van der Waals surface area contributed by atoms with Crippen LogP contribution in [0.3, 0.4) is 0 Å². The first-order chi connectivity index (χ1) is 14.4. The zero-order valence-corrected chi connectivity index (χ0v) is 16.7. The molecule has 1 heterocycles. The molecule has 3 aromatic rings. The van der Waals surface area contributed by atoms with E-state index in [-0.39, 0.29) is 10.9 Å². The molecule has 0 fully saturated rings. The van der Waals surface area contributed by atoms with Gasteiger partial charge in [-0.2, -0.15) is 0 Å². The molecule has 0 atom stereocenters. The van der Waals surface area contributed by atoms with E-state index in [4.69, 9.17) is 4.52 Å². The van der Waals surface area contributed by atoms with Crippen LogP contribution in [-0.4, -0.2) is 12.4 Å². The van der Waals surface area contributed by atoms with E-state index in [1.54, 1.807) is 6.07 Å². The topological polar surface area (TPSA) is 9.23 Å². The molecule has 1 aliphatic rings. The maximum atomic E-state index is 17.6. The van der Waals surface area contributed by atoms with Crippen LogP contribution in [0.2, 0.25) is 0 Å². The zero-order chi connectivity index (χ0) is 22.6. The second kappa shape index (κ2) is 6.78. The van der Waals surface area contributed by atoms with Gasteiger partial charge in [-0.05, 0) is 0 Å². The van der Waals surface area contributed by atoms with Crippen molar-refractivity contribution < 1.29 is 35.1 Å². The average Bonchev–Trinajstić information content (AvgIpc) is 2.98. The summed E-state index contributed by atoms with van der Waals surface area (Å²) >= 11 is 0. The maximum absolute atomic E-state index is 17.6. The molecule has 3 aromatic carbocycles. The summed E-state index contributed by atoms with van der Waals surface area (Å²) in [5, 5.41) is -1.03. The monoisotopic (exact) mass is 460 g/mol. The molecule has 0 spiro atoms. The van der Waals surface area contributed by atoms with Crippen molar-refractivity contribution in [3.63, 3.8) is 0 Å². The Balaban J connectivity index is 2.13. The number of benzene rings is 3. The normalized spacial score (nSPS) is 20.4. The van der Waals surface area contributed by atoms with Crippen molar-refractivity contribution in [2.75, 3.05) is 0 Å². The summed E-state index contributed by atoms with van der Waals surface area (Å²) in [6.45, 7) is 0. The van der Waals surface area contributed by atoms with Crippen molar-refractivity contribution in [1.82, 2.24) is 0 Å². The van der Waals surface area contributed by atoms with Gasteiger partial charge in [0, 0.05) is 0 Å². The number of hydrogen-bond acceptors (Lipinski definition) is 1. The zero-order valence-electron chi connectivity index (χ0n) is 15.8. The SMILES string of the molecule is FC(F)(F)C1(C(F)(F)F)OP(F)(Cc2ccccc2)(c2ccccc2)c2ccccc21. The van der Waals surface area contributed by atoms with Crippen LogP contribution in [0.5, 0.6) is 0 Å². The van der Waals surface area contributed by atoms with Crippen LogP contribution in [-0.2, 0) is 16.3 Å². The van der Waals surface area contributed by atoms with Crippen molar-refractivity contribution in [2.24, 2.45) is 0 Å². The van der Waals surface area contributed by atoms with E-state index in [0.717, 1.165) is 12.1 Å². The molecule has 0 unspecified atom stereocenters. The van der Waals surface area contributed by atoms with E-state index in [0.29, 0.717) is 6.07 Å². The molecular weight excluding hydrogens is 444 g/mol. The Bertz CT molecular complexity index is 1080. The van der Waals surface area contributed by atoms with Gasteiger partial charge >= 0.3 is 173 Å².